The molecule has 0 aromatic carbocycles. The van der Waals surface area contributed by atoms with Gasteiger partial charge in [0.25, 0.3) is 0 Å². The first-order valence-corrected chi connectivity index (χ1v) is 42.9. The largest absolute Gasteiger partial charge is 0.500 e. The molecule has 1 heterocycles. The molecule has 12 amide bonds. The molecule has 96 heavy (non-hydrogen) atoms. The van der Waals surface area contributed by atoms with Crippen LogP contribution in [-0.2, 0) is 72.3 Å². The SMILES string of the molecule is CCO[Si](CCCNC(=O)N1CCCNC(=O)C(=O)NCCCN(C(=O)NCCC[Si](OCC)(OCC)OCC)CCN(C(=O)NCCC[Si](OCC)(OCC)OCC)CCCNC(=O)C(=O)NCCCN(C(=O)NCCC[Si](OCC)(OCC)OCC)CC1)(OCC)OCC. The van der Waals surface area contributed by atoms with Gasteiger partial charge in [-0.1, -0.05) is 0 Å². The predicted molar refractivity (Wildman–Crippen MR) is 371 cm³/mol. The van der Waals surface area contributed by atoms with Gasteiger partial charge in [-0.25, -0.2) is 19.2 Å². The topological polar surface area (TPSA) is 357 Å². The second-order valence-corrected chi connectivity index (χ2v) is 32.6. The fourth-order valence-electron chi connectivity index (χ4n) is 10.4. The molecule has 0 radical (unpaired) electrons. The van der Waals surface area contributed by atoms with Gasteiger partial charge < -0.3 is 115 Å². The van der Waals surface area contributed by atoms with Crippen molar-refractivity contribution in [2.24, 2.45) is 0 Å². The van der Waals surface area contributed by atoms with Crippen molar-refractivity contribution >= 4 is 83.0 Å². The number of nitrogens with one attached hydrogen (secondary N) is 8. The van der Waals surface area contributed by atoms with Gasteiger partial charge in [-0.3, -0.25) is 19.2 Å². The third-order valence-electron chi connectivity index (χ3n) is 14.5. The van der Waals surface area contributed by atoms with E-state index in [1.54, 1.807) is 0 Å². The van der Waals surface area contributed by atoms with Crippen LogP contribution in [0.1, 0.15) is 134 Å². The number of nitrogens with zero attached hydrogens (tertiary/aromatic N) is 4. The van der Waals surface area contributed by atoms with Crippen LogP contribution in [0.4, 0.5) is 19.2 Å². The van der Waals surface area contributed by atoms with Gasteiger partial charge in [0, 0.05) is 208 Å². The van der Waals surface area contributed by atoms with Gasteiger partial charge in [0.2, 0.25) is 0 Å². The van der Waals surface area contributed by atoms with Crippen LogP contribution in [0, 0.1) is 0 Å². The number of hydrogen-bond donors (Lipinski definition) is 8. The van der Waals surface area contributed by atoms with Crippen molar-refractivity contribution in [1.29, 1.82) is 0 Å². The minimum absolute atomic E-state index is 0.00636. The highest BCUT2D eigenvalue weighted by molar-refractivity contribution is 6.61. The van der Waals surface area contributed by atoms with Gasteiger partial charge in [-0.2, -0.15) is 0 Å². The fourth-order valence-corrected chi connectivity index (χ4v) is 20.9. The Morgan fingerprint density at radius 2 is 0.448 bits per heavy atom. The third kappa shape index (κ3) is 37.0. The van der Waals surface area contributed by atoms with E-state index in [1.807, 2.05) is 83.1 Å². The predicted octanol–water partition coefficient (Wildman–Crippen LogP) is 3.83. The quantitative estimate of drug-likeness (QED) is 0.0245. The molecule has 1 rings (SSSR count). The third-order valence-corrected chi connectivity index (χ3v) is 27.1. The zero-order valence-electron chi connectivity index (χ0n) is 60.2. The molecule has 0 unspecified atom stereocenters. The minimum atomic E-state index is -3.02. The van der Waals surface area contributed by atoms with E-state index in [1.165, 1.54) is 19.6 Å². The summed E-state index contributed by atoms with van der Waals surface area (Å²) in [4.78, 5) is 116. The lowest BCUT2D eigenvalue weighted by Gasteiger charge is -2.30. The summed E-state index contributed by atoms with van der Waals surface area (Å²) in [6.45, 7) is 28.7. The Hall–Kier alpha value is -4.65. The Balaban J connectivity index is 3.62. The van der Waals surface area contributed by atoms with Crippen LogP contribution in [0.3, 0.4) is 0 Å². The lowest BCUT2D eigenvalue weighted by atomic mass is 10.3. The number of hydrogen-bond acceptors (Lipinski definition) is 20. The molecule has 0 atom stereocenters. The van der Waals surface area contributed by atoms with Crippen LogP contribution in [-0.4, -0.2) is 287 Å². The molecule has 0 spiro atoms. The van der Waals surface area contributed by atoms with E-state index in [2.05, 4.69) is 42.5 Å². The number of amides is 12. The standard InChI is InChI=1S/C60H124N12O20Si4/c1-13-81-93(82-14-2,83-15-3)49-29-37-65-57(77)69-41-25-33-61-53(73)54(74)63-35-27-43-71(59(79)67-39-31-51-95(87-19-7,88-20-8)89-21-9)47-48-72(60(80)68-40-32-52-96(90-22-10,91-23-11)92-24-12)44-28-36-64-56(76)55(75)62-34-26-42-70(46-45-69)58(78)66-38-30-50-94(84-16-4,85-17-5)86-18-6/h13-52H2,1-12H3,(H,61,73)(H,62,75)(H,63,74)(H,64,76)(H,65,77)(H,66,78)(H,67,79)(H,68,80). The molecule has 1 fully saturated rings. The smallest absolute Gasteiger partial charge is 0.374 e. The summed E-state index contributed by atoms with van der Waals surface area (Å²) in [7, 11) is -12.1. The maximum atomic E-state index is 14.1. The van der Waals surface area contributed by atoms with Crippen LogP contribution in [0.25, 0.3) is 0 Å². The van der Waals surface area contributed by atoms with Crippen molar-refractivity contribution in [2.45, 2.75) is 159 Å². The van der Waals surface area contributed by atoms with Crippen molar-refractivity contribution in [3.8, 4) is 0 Å². The van der Waals surface area contributed by atoms with E-state index in [4.69, 9.17) is 53.1 Å². The lowest BCUT2D eigenvalue weighted by Crippen LogP contribution is -2.50. The average Bonchev–Trinajstić information content (AvgIpc) is 1.01. The summed E-state index contributed by atoms with van der Waals surface area (Å²) < 4.78 is 72.2. The number of urea groups is 4. The lowest BCUT2D eigenvalue weighted by molar-refractivity contribution is -0.139. The second kappa shape index (κ2) is 54.2. The Morgan fingerprint density at radius 3 is 0.594 bits per heavy atom. The van der Waals surface area contributed by atoms with Crippen molar-refractivity contribution < 1.29 is 91.5 Å². The molecule has 0 aromatic rings. The molecule has 36 heteroatoms. The molecule has 32 nitrogen and oxygen atoms in total. The van der Waals surface area contributed by atoms with Crippen LogP contribution in [0.15, 0.2) is 0 Å². The summed E-state index contributed by atoms with van der Waals surface area (Å²) >= 11 is 0. The van der Waals surface area contributed by atoms with Crippen LogP contribution in [0.2, 0.25) is 24.2 Å². The summed E-state index contributed by atoms with van der Waals surface area (Å²) in [6.07, 6.45) is 2.78. The van der Waals surface area contributed by atoms with E-state index in [0.717, 1.165) is 0 Å². The first kappa shape index (κ1) is 89.4. The van der Waals surface area contributed by atoms with Gasteiger partial charge in [0.05, 0.1) is 0 Å². The Kier molecular flexibility index (Phi) is 50.5. The molecule has 1 aliphatic rings. The average molecular weight is 1450 g/mol. The van der Waals surface area contributed by atoms with Gasteiger partial charge in [0.15, 0.2) is 0 Å². The molecule has 0 aromatic heterocycles. The number of rotatable bonds is 40. The maximum Gasteiger partial charge on any atom is 0.500 e. The maximum absolute atomic E-state index is 14.1. The van der Waals surface area contributed by atoms with E-state index >= 15 is 0 Å². The molecule has 0 aliphatic carbocycles. The second-order valence-electron chi connectivity index (χ2n) is 21.7. The van der Waals surface area contributed by atoms with Crippen LogP contribution < -0.4 is 42.5 Å². The van der Waals surface area contributed by atoms with Crippen molar-refractivity contribution in [1.82, 2.24) is 62.1 Å². The highest BCUT2D eigenvalue weighted by Gasteiger charge is 2.43. The fraction of sp³-hybridized carbons (Fsp3) is 0.867. The Morgan fingerprint density at radius 1 is 0.292 bits per heavy atom. The summed E-state index contributed by atoms with van der Waals surface area (Å²) in [5, 5.41) is 22.5. The van der Waals surface area contributed by atoms with E-state index in [0.29, 0.717) is 129 Å². The van der Waals surface area contributed by atoms with E-state index in [9.17, 15) is 38.4 Å². The van der Waals surface area contributed by atoms with Crippen LogP contribution >= 0.6 is 0 Å². The van der Waals surface area contributed by atoms with Crippen LogP contribution in [0.5, 0.6) is 0 Å². The van der Waals surface area contributed by atoms with Gasteiger partial charge in [-0.15, -0.1) is 0 Å². The highest BCUT2D eigenvalue weighted by atomic mass is 28.4. The molecule has 560 valence electrons. The molecular weight excluding hydrogens is 1320 g/mol. The normalized spacial score (nSPS) is 15.8. The molecule has 0 bridgehead atoms. The van der Waals surface area contributed by atoms with Gasteiger partial charge in [-0.05, 0) is 134 Å². The van der Waals surface area contributed by atoms with Gasteiger partial charge in [0.1, 0.15) is 0 Å². The molecule has 0 saturated carbocycles. The van der Waals surface area contributed by atoms with Crippen molar-refractivity contribution in [3.63, 3.8) is 0 Å². The number of carbonyl (C=O) groups is 8. The molecule has 1 saturated heterocycles. The van der Waals surface area contributed by atoms with Gasteiger partial charge >= 0.3 is 83.0 Å². The summed E-state index contributed by atoms with van der Waals surface area (Å²) in [6, 6.07) is 0.0373. The Labute approximate surface area is 576 Å². The number of carbonyl (C=O) groups excluding carboxylic acids is 8. The van der Waals surface area contributed by atoms with E-state index in [-0.39, 0.29) is 130 Å². The summed E-state index contributed by atoms with van der Waals surface area (Å²) in [5.41, 5.74) is 0. The molecular formula is C60H124N12O20Si4. The Bertz CT molecular complexity index is 1810. The molecule has 1 aliphatic heterocycles. The zero-order valence-corrected chi connectivity index (χ0v) is 64.2. The zero-order chi connectivity index (χ0) is 71.4. The van der Waals surface area contributed by atoms with E-state index < -0.39 is 83.0 Å². The van der Waals surface area contributed by atoms with Crippen molar-refractivity contribution in [3.05, 3.63) is 0 Å². The molecule has 8 N–H and O–H groups in total. The first-order valence-electron chi connectivity index (χ1n) is 35.2. The first-order chi connectivity index (χ1) is 46.3. The van der Waals surface area contributed by atoms with Crippen molar-refractivity contribution in [2.75, 3.05) is 184 Å². The monoisotopic (exact) mass is 1440 g/mol. The highest BCUT2D eigenvalue weighted by Crippen LogP contribution is 2.22. The summed E-state index contributed by atoms with van der Waals surface area (Å²) in [5.74, 6) is -3.60. The minimum Gasteiger partial charge on any atom is -0.374 e.